The average Bonchev–Trinajstić information content (AvgIpc) is 2.87. The molecule has 208 valence electrons. The first-order chi connectivity index (χ1) is 18.1. The second-order valence-corrected chi connectivity index (χ2v) is 8.69. The monoisotopic (exact) mass is 556 g/mol. The lowest BCUT2D eigenvalue weighted by Gasteiger charge is -2.31. The van der Waals surface area contributed by atoms with Gasteiger partial charge in [-0.3, -0.25) is 9.59 Å². The van der Waals surface area contributed by atoms with Crippen molar-refractivity contribution in [2.75, 3.05) is 23.4 Å². The molecule has 12 heteroatoms. The number of amides is 2. The van der Waals surface area contributed by atoms with Gasteiger partial charge in [-0.1, -0.05) is 36.4 Å². The summed E-state index contributed by atoms with van der Waals surface area (Å²) in [6, 6.07) is 14.6. The zero-order chi connectivity index (χ0) is 29.2. The standard InChI is InChI=1S/C27H23F7N2O3/c1-16-13-20(25(28,26(29,30)31)27(32,33)34)14-17(2)22(16)35-23(38)19-9-6-10-21(15-19)36(11-12-37)24(39)18-7-4-3-5-8-18/h3-10,13-15,37H,11-12H2,1-2H3,(H,35,38). The Morgan fingerprint density at radius 1 is 0.795 bits per heavy atom. The van der Waals surface area contributed by atoms with Gasteiger partial charge in [-0.2, -0.15) is 26.3 Å². The smallest absolute Gasteiger partial charge is 0.395 e. The predicted octanol–water partition coefficient (Wildman–Crippen LogP) is 6.48. The summed E-state index contributed by atoms with van der Waals surface area (Å²) in [7, 11) is 0. The minimum atomic E-state index is -6.27. The van der Waals surface area contributed by atoms with Crippen molar-refractivity contribution in [2.45, 2.75) is 31.9 Å². The molecule has 0 aliphatic heterocycles. The van der Waals surface area contributed by atoms with Gasteiger partial charge in [0.25, 0.3) is 11.8 Å². The fourth-order valence-corrected chi connectivity index (χ4v) is 4.03. The largest absolute Gasteiger partial charge is 0.435 e. The molecule has 0 saturated carbocycles. The minimum absolute atomic E-state index is 0.00426. The molecule has 0 aliphatic rings. The highest BCUT2D eigenvalue weighted by molar-refractivity contribution is 6.08. The van der Waals surface area contributed by atoms with E-state index in [2.05, 4.69) is 5.32 Å². The molecule has 0 aromatic heterocycles. The lowest BCUT2D eigenvalue weighted by atomic mass is 9.90. The number of alkyl halides is 7. The van der Waals surface area contributed by atoms with Gasteiger partial charge in [0.15, 0.2) is 0 Å². The molecule has 3 aromatic rings. The van der Waals surface area contributed by atoms with Crippen LogP contribution in [0.2, 0.25) is 0 Å². The summed E-state index contributed by atoms with van der Waals surface area (Å²) in [4.78, 5) is 27.2. The second-order valence-electron chi connectivity index (χ2n) is 8.69. The predicted molar refractivity (Wildman–Crippen MR) is 130 cm³/mol. The first-order valence-electron chi connectivity index (χ1n) is 11.4. The Kier molecular flexibility index (Phi) is 8.39. The third kappa shape index (κ3) is 5.90. The molecule has 0 saturated heterocycles. The zero-order valence-electron chi connectivity index (χ0n) is 20.6. The van der Waals surface area contributed by atoms with E-state index in [0.717, 1.165) is 13.8 Å². The van der Waals surface area contributed by atoms with E-state index in [1.54, 1.807) is 30.3 Å². The number of anilines is 2. The zero-order valence-corrected chi connectivity index (χ0v) is 20.6. The number of nitrogens with zero attached hydrogens (tertiary/aromatic N) is 1. The van der Waals surface area contributed by atoms with E-state index in [9.17, 15) is 45.4 Å². The normalized spacial score (nSPS) is 12.3. The molecule has 0 fully saturated rings. The first kappa shape index (κ1) is 29.6. The Bertz CT molecular complexity index is 1320. The van der Waals surface area contributed by atoms with Crippen molar-refractivity contribution in [3.8, 4) is 0 Å². The molecule has 2 N–H and O–H groups in total. The Balaban J connectivity index is 1.94. The third-order valence-corrected chi connectivity index (χ3v) is 5.96. The van der Waals surface area contributed by atoms with Gasteiger partial charge in [-0.05, 0) is 55.3 Å². The molecule has 3 rings (SSSR count). The molecule has 0 unspecified atom stereocenters. The highest BCUT2D eigenvalue weighted by Crippen LogP contribution is 2.53. The fraction of sp³-hybridized carbons (Fsp3) is 0.259. The highest BCUT2D eigenvalue weighted by Gasteiger charge is 2.73. The number of rotatable bonds is 7. The minimum Gasteiger partial charge on any atom is -0.395 e. The summed E-state index contributed by atoms with van der Waals surface area (Å²) >= 11 is 0. The number of aliphatic hydroxyl groups is 1. The van der Waals surface area contributed by atoms with E-state index in [1.807, 2.05) is 0 Å². The molecule has 0 aliphatic carbocycles. The van der Waals surface area contributed by atoms with E-state index in [-0.39, 0.29) is 41.2 Å². The molecular weight excluding hydrogens is 533 g/mol. The molecule has 0 atom stereocenters. The Morgan fingerprint density at radius 3 is 1.85 bits per heavy atom. The average molecular weight is 556 g/mol. The molecule has 3 aromatic carbocycles. The number of nitrogens with one attached hydrogen (secondary N) is 1. The number of halogens is 7. The van der Waals surface area contributed by atoms with Crippen LogP contribution in [-0.4, -0.2) is 42.4 Å². The van der Waals surface area contributed by atoms with Crippen molar-refractivity contribution in [1.82, 2.24) is 0 Å². The number of aliphatic hydroxyl groups excluding tert-OH is 1. The number of benzene rings is 3. The van der Waals surface area contributed by atoms with Crippen LogP contribution in [0, 0.1) is 13.8 Å². The number of aryl methyl sites for hydroxylation is 2. The molecule has 39 heavy (non-hydrogen) atoms. The van der Waals surface area contributed by atoms with Crippen molar-refractivity contribution in [3.05, 3.63) is 94.5 Å². The van der Waals surface area contributed by atoms with Crippen LogP contribution < -0.4 is 10.2 Å². The van der Waals surface area contributed by atoms with Gasteiger partial charge in [0.2, 0.25) is 0 Å². The lowest BCUT2D eigenvalue weighted by Crippen LogP contribution is -2.50. The summed E-state index contributed by atoms with van der Waals surface area (Å²) in [5.74, 6) is -1.24. The summed E-state index contributed by atoms with van der Waals surface area (Å²) in [5.41, 5.74) is -7.24. The van der Waals surface area contributed by atoms with Gasteiger partial charge in [0.05, 0.1) is 6.61 Å². The van der Waals surface area contributed by atoms with Crippen molar-refractivity contribution < 1.29 is 45.4 Å². The van der Waals surface area contributed by atoms with E-state index in [4.69, 9.17) is 0 Å². The maximum absolute atomic E-state index is 14.5. The van der Waals surface area contributed by atoms with Crippen LogP contribution in [0.25, 0.3) is 0 Å². The van der Waals surface area contributed by atoms with Crippen molar-refractivity contribution in [3.63, 3.8) is 0 Å². The summed E-state index contributed by atoms with van der Waals surface area (Å²) in [6.45, 7) is 1.79. The number of carbonyl (C=O) groups is 2. The molecule has 0 bridgehead atoms. The van der Waals surface area contributed by atoms with Gasteiger partial charge in [0, 0.05) is 34.6 Å². The van der Waals surface area contributed by atoms with Crippen LogP contribution in [0.3, 0.4) is 0 Å². The van der Waals surface area contributed by atoms with E-state index in [0.29, 0.717) is 17.7 Å². The molecule has 2 amide bonds. The van der Waals surface area contributed by atoms with E-state index < -0.39 is 35.4 Å². The number of hydrogen-bond acceptors (Lipinski definition) is 3. The van der Waals surface area contributed by atoms with Crippen molar-refractivity contribution in [1.29, 1.82) is 0 Å². The first-order valence-corrected chi connectivity index (χ1v) is 11.4. The van der Waals surface area contributed by atoms with Crippen molar-refractivity contribution in [2.24, 2.45) is 0 Å². The van der Waals surface area contributed by atoms with Crippen LogP contribution in [0.15, 0.2) is 66.7 Å². The van der Waals surface area contributed by atoms with Crippen LogP contribution >= 0.6 is 0 Å². The molecule has 0 heterocycles. The summed E-state index contributed by atoms with van der Waals surface area (Å²) in [6.07, 6.45) is -12.5. The maximum atomic E-state index is 14.5. The lowest BCUT2D eigenvalue weighted by molar-refractivity contribution is -0.348. The van der Waals surface area contributed by atoms with Crippen molar-refractivity contribution >= 4 is 23.2 Å². The summed E-state index contributed by atoms with van der Waals surface area (Å²) < 4.78 is 93.7. The maximum Gasteiger partial charge on any atom is 0.435 e. The molecule has 5 nitrogen and oxygen atoms in total. The highest BCUT2D eigenvalue weighted by atomic mass is 19.4. The Morgan fingerprint density at radius 2 is 1.33 bits per heavy atom. The van der Waals surface area contributed by atoms with Crippen LogP contribution in [0.4, 0.5) is 42.1 Å². The van der Waals surface area contributed by atoms with Crippen LogP contribution in [0.1, 0.15) is 37.4 Å². The van der Waals surface area contributed by atoms with Crippen LogP contribution in [0.5, 0.6) is 0 Å². The van der Waals surface area contributed by atoms with E-state index >= 15 is 0 Å². The number of carbonyl (C=O) groups excluding carboxylic acids is 2. The van der Waals surface area contributed by atoms with Gasteiger partial charge < -0.3 is 15.3 Å². The number of hydrogen-bond donors (Lipinski definition) is 2. The van der Waals surface area contributed by atoms with Gasteiger partial charge >= 0.3 is 18.0 Å². The molecule has 0 spiro atoms. The fourth-order valence-electron chi connectivity index (χ4n) is 4.03. The van der Waals surface area contributed by atoms with E-state index in [1.165, 1.54) is 29.2 Å². The SMILES string of the molecule is Cc1cc(C(F)(C(F)(F)F)C(F)(F)F)cc(C)c1NC(=O)c1cccc(N(CCO)C(=O)c2ccccc2)c1. The third-order valence-electron chi connectivity index (χ3n) is 5.96. The summed E-state index contributed by atoms with van der Waals surface area (Å²) in [5, 5.41) is 11.9. The topological polar surface area (TPSA) is 69.6 Å². The van der Waals surface area contributed by atoms with Gasteiger partial charge in [-0.25, -0.2) is 4.39 Å². The Hall–Kier alpha value is -3.93. The molecular formula is C27H23F7N2O3. The van der Waals surface area contributed by atoms with Crippen LogP contribution in [-0.2, 0) is 5.67 Å². The quantitative estimate of drug-likeness (QED) is 0.327. The van der Waals surface area contributed by atoms with Gasteiger partial charge in [0.1, 0.15) is 0 Å². The van der Waals surface area contributed by atoms with Gasteiger partial charge in [-0.15, -0.1) is 0 Å². The molecule has 0 radical (unpaired) electrons. The second kappa shape index (κ2) is 11.0. The Labute approximate surface area is 218 Å².